The molecule has 0 aliphatic carbocycles. The zero-order chi connectivity index (χ0) is 19.1. The van der Waals surface area contributed by atoms with Gasteiger partial charge in [0.25, 0.3) is 0 Å². The molecule has 0 aliphatic rings. The van der Waals surface area contributed by atoms with Crippen LogP contribution >= 0.6 is 23.1 Å². The largest absolute Gasteiger partial charge is 0.465 e. The van der Waals surface area contributed by atoms with Crippen LogP contribution in [0.1, 0.15) is 32.0 Å². The minimum atomic E-state index is -0.399. The third kappa shape index (κ3) is 5.18. The molecule has 5 nitrogen and oxygen atoms in total. The molecule has 3 rings (SSSR count). The number of carbonyl (C=O) groups is 2. The van der Waals surface area contributed by atoms with Gasteiger partial charge in [0.15, 0.2) is 0 Å². The van der Waals surface area contributed by atoms with Crippen LogP contribution in [-0.2, 0) is 21.8 Å². The third-order valence-electron chi connectivity index (χ3n) is 3.71. The lowest BCUT2D eigenvalue weighted by Crippen LogP contribution is -2.07. The molecule has 0 N–H and O–H groups in total. The van der Waals surface area contributed by atoms with Crippen molar-refractivity contribution in [1.82, 2.24) is 4.98 Å². The van der Waals surface area contributed by atoms with Crippen molar-refractivity contribution < 1.29 is 19.1 Å². The molecule has 0 spiro atoms. The molecule has 1 heterocycles. The van der Waals surface area contributed by atoms with E-state index in [4.69, 9.17) is 4.74 Å². The van der Waals surface area contributed by atoms with E-state index in [2.05, 4.69) is 9.72 Å². The van der Waals surface area contributed by atoms with Gasteiger partial charge >= 0.3 is 11.9 Å². The summed E-state index contributed by atoms with van der Waals surface area (Å²) in [6.45, 7) is 0.130. The maximum absolute atomic E-state index is 12.5. The summed E-state index contributed by atoms with van der Waals surface area (Å²) in [7, 11) is 1.34. The van der Waals surface area contributed by atoms with Gasteiger partial charge in [-0.3, -0.25) is 0 Å². The molecule has 0 radical (unpaired) electrons. The van der Waals surface area contributed by atoms with Gasteiger partial charge in [-0.25, -0.2) is 14.6 Å². The number of benzene rings is 2. The van der Waals surface area contributed by atoms with Crippen LogP contribution in [0.2, 0.25) is 0 Å². The number of nitrogens with zero attached hydrogens (tertiary/aromatic N) is 1. The summed E-state index contributed by atoms with van der Waals surface area (Å²) in [6.07, 6.45) is 0. The van der Waals surface area contributed by atoms with Crippen LogP contribution in [-0.4, -0.2) is 24.0 Å². The van der Waals surface area contributed by atoms with Gasteiger partial charge in [-0.2, -0.15) is 0 Å². The Morgan fingerprint density at radius 2 is 1.85 bits per heavy atom. The van der Waals surface area contributed by atoms with Gasteiger partial charge in [0.05, 0.1) is 29.4 Å². The standard InChI is InChI=1S/C20H17NO4S2/c1-24-19(22)15-8-6-14(7-9-15)10-25-20(23)17-4-2-3-5-18(17)27-12-16-11-26-13-21-16/h2-9,11,13H,10,12H2,1H3. The monoisotopic (exact) mass is 399 g/mol. The number of hydrogen-bond acceptors (Lipinski definition) is 7. The zero-order valence-electron chi connectivity index (χ0n) is 14.6. The van der Waals surface area contributed by atoms with Crippen LogP contribution in [0, 0.1) is 0 Å². The van der Waals surface area contributed by atoms with Crippen LogP contribution in [0.3, 0.4) is 0 Å². The van der Waals surface area contributed by atoms with Crippen LogP contribution in [0.15, 0.2) is 64.3 Å². The Morgan fingerprint density at radius 3 is 2.56 bits per heavy atom. The Hall–Kier alpha value is -2.64. The number of thiazole rings is 1. The summed E-state index contributed by atoms with van der Waals surface area (Å²) in [5, 5.41) is 1.99. The Labute approximate surface area is 165 Å². The van der Waals surface area contributed by atoms with Gasteiger partial charge in [-0.1, -0.05) is 24.3 Å². The fourth-order valence-corrected chi connectivity index (χ4v) is 3.91. The number of carbonyl (C=O) groups excluding carboxylic acids is 2. The first-order valence-corrected chi connectivity index (χ1v) is 10.0. The molecule has 0 saturated heterocycles. The molecule has 0 unspecified atom stereocenters. The Morgan fingerprint density at radius 1 is 1.07 bits per heavy atom. The van der Waals surface area contributed by atoms with Gasteiger partial charge in [-0.05, 0) is 29.8 Å². The fraction of sp³-hybridized carbons (Fsp3) is 0.150. The van der Waals surface area contributed by atoms with E-state index in [1.54, 1.807) is 58.9 Å². The molecule has 1 aromatic heterocycles. The summed E-state index contributed by atoms with van der Waals surface area (Å²) in [5.74, 6) is -0.0824. The first-order chi connectivity index (χ1) is 13.2. The van der Waals surface area contributed by atoms with Gasteiger partial charge < -0.3 is 9.47 Å². The molecule has 2 aromatic carbocycles. The summed E-state index contributed by atoms with van der Waals surface area (Å²) < 4.78 is 10.1. The van der Waals surface area contributed by atoms with Crippen molar-refractivity contribution >= 4 is 35.0 Å². The molecule has 0 aliphatic heterocycles. The maximum Gasteiger partial charge on any atom is 0.339 e. The molecule has 138 valence electrons. The second kappa shape index (κ2) is 9.34. The lowest BCUT2D eigenvalue weighted by molar-refractivity contribution is 0.0467. The van der Waals surface area contributed by atoms with E-state index in [0.29, 0.717) is 16.9 Å². The minimum absolute atomic E-state index is 0.130. The van der Waals surface area contributed by atoms with Crippen LogP contribution < -0.4 is 0 Å². The fourth-order valence-electron chi connectivity index (χ4n) is 2.30. The van der Waals surface area contributed by atoms with Crippen LogP contribution in [0.5, 0.6) is 0 Å². The summed E-state index contributed by atoms with van der Waals surface area (Å²) in [5.41, 5.74) is 4.56. The van der Waals surface area contributed by atoms with Crippen molar-refractivity contribution in [1.29, 1.82) is 0 Å². The van der Waals surface area contributed by atoms with Gasteiger partial charge in [-0.15, -0.1) is 23.1 Å². The second-order valence-electron chi connectivity index (χ2n) is 5.53. The van der Waals surface area contributed by atoms with Crippen molar-refractivity contribution in [2.75, 3.05) is 7.11 Å². The third-order valence-corrected chi connectivity index (χ3v) is 5.45. The van der Waals surface area contributed by atoms with E-state index < -0.39 is 5.97 Å². The molecule has 3 aromatic rings. The van der Waals surface area contributed by atoms with Crippen molar-refractivity contribution in [3.05, 3.63) is 81.8 Å². The maximum atomic E-state index is 12.5. The second-order valence-corrected chi connectivity index (χ2v) is 7.27. The minimum Gasteiger partial charge on any atom is -0.465 e. The Kier molecular flexibility index (Phi) is 6.62. The van der Waals surface area contributed by atoms with E-state index in [9.17, 15) is 9.59 Å². The van der Waals surface area contributed by atoms with Gasteiger partial charge in [0, 0.05) is 16.0 Å². The number of methoxy groups -OCH3 is 1. The Balaban J connectivity index is 1.61. The van der Waals surface area contributed by atoms with Gasteiger partial charge in [0.2, 0.25) is 0 Å². The van der Waals surface area contributed by atoms with Crippen molar-refractivity contribution in [3.8, 4) is 0 Å². The Bertz CT molecular complexity index is 908. The summed E-state index contributed by atoms with van der Waals surface area (Å²) >= 11 is 3.10. The van der Waals surface area contributed by atoms with Crippen molar-refractivity contribution in [2.45, 2.75) is 17.3 Å². The van der Waals surface area contributed by atoms with Crippen LogP contribution in [0.4, 0.5) is 0 Å². The predicted molar refractivity (Wildman–Crippen MR) is 105 cm³/mol. The highest BCUT2D eigenvalue weighted by Gasteiger charge is 2.14. The van der Waals surface area contributed by atoms with E-state index in [1.807, 2.05) is 23.6 Å². The molecule has 27 heavy (non-hydrogen) atoms. The van der Waals surface area contributed by atoms with Gasteiger partial charge in [0.1, 0.15) is 6.61 Å². The quantitative estimate of drug-likeness (QED) is 0.428. The molecule has 0 bridgehead atoms. The first-order valence-electron chi connectivity index (χ1n) is 8.10. The average molecular weight is 399 g/mol. The smallest absolute Gasteiger partial charge is 0.339 e. The average Bonchev–Trinajstić information content (AvgIpc) is 3.24. The molecular formula is C20H17NO4S2. The molecule has 0 atom stereocenters. The number of aromatic nitrogens is 1. The van der Waals surface area contributed by atoms with E-state index >= 15 is 0 Å². The number of rotatable bonds is 7. The zero-order valence-corrected chi connectivity index (χ0v) is 16.2. The van der Waals surface area contributed by atoms with E-state index in [0.717, 1.165) is 16.2 Å². The highest BCUT2D eigenvalue weighted by molar-refractivity contribution is 7.98. The number of ether oxygens (including phenoxy) is 2. The summed E-state index contributed by atoms with van der Waals surface area (Å²) in [6, 6.07) is 14.1. The lowest BCUT2D eigenvalue weighted by Gasteiger charge is -2.09. The lowest BCUT2D eigenvalue weighted by atomic mass is 10.1. The predicted octanol–water partition coefficient (Wildman–Crippen LogP) is 4.58. The van der Waals surface area contributed by atoms with Crippen molar-refractivity contribution in [3.63, 3.8) is 0 Å². The van der Waals surface area contributed by atoms with Crippen molar-refractivity contribution in [2.24, 2.45) is 0 Å². The number of hydrogen-bond donors (Lipinski definition) is 0. The number of esters is 2. The van der Waals surface area contributed by atoms with E-state index in [-0.39, 0.29) is 12.6 Å². The molecular weight excluding hydrogens is 382 g/mol. The summed E-state index contributed by atoms with van der Waals surface area (Å²) in [4.78, 5) is 29.1. The normalized spacial score (nSPS) is 10.4. The molecule has 7 heteroatoms. The van der Waals surface area contributed by atoms with Crippen LogP contribution in [0.25, 0.3) is 0 Å². The first kappa shape index (κ1) is 19.1. The SMILES string of the molecule is COC(=O)c1ccc(COC(=O)c2ccccc2SCc2cscn2)cc1. The molecule has 0 amide bonds. The highest BCUT2D eigenvalue weighted by Crippen LogP contribution is 2.27. The topological polar surface area (TPSA) is 65.5 Å². The molecule has 0 saturated carbocycles. The van der Waals surface area contributed by atoms with E-state index in [1.165, 1.54) is 7.11 Å². The molecule has 0 fully saturated rings. The highest BCUT2D eigenvalue weighted by atomic mass is 32.2. The number of thioether (sulfide) groups is 1.